The standard InChI is InChI=1S/C20H21Cl2NO5S/c21-17-9-8-15(29(25,26)23-10-4-1-5-11-23)14-16(17)20(24)28-13-12-27-19-7-3-2-6-18(19)22/h2-3,6-9,14H,1,4-5,10-13H2. The van der Waals surface area contributed by atoms with Gasteiger partial charge in [0.1, 0.15) is 19.0 Å². The first kappa shape index (κ1) is 21.9. The molecular weight excluding hydrogens is 437 g/mol. The van der Waals surface area contributed by atoms with Crippen molar-refractivity contribution in [2.45, 2.75) is 24.2 Å². The largest absolute Gasteiger partial charge is 0.488 e. The number of esters is 1. The van der Waals surface area contributed by atoms with E-state index in [1.54, 1.807) is 24.3 Å². The van der Waals surface area contributed by atoms with E-state index in [2.05, 4.69) is 0 Å². The Kier molecular flexibility index (Phi) is 7.40. The molecule has 1 aliphatic rings. The van der Waals surface area contributed by atoms with Crippen molar-refractivity contribution in [1.29, 1.82) is 0 Å². The fraction of sp³-hybridized carbons (Fsp3) is 0.350. The molecule has 0 saturated carbocycles. The summed E-state index contributed by atoms with van der Waals surface area (Å²) in [7, 11) is -3.67. The van der Waals surface area contributed by atoms with Gasteiger partial charge in [0, 0.05) is 13.1 Å². The van der Waals surface area contributed by atoms with E-state index >= 15 is 0 Å². The highest BCUT2D eigenvalue weighted by atomic mass is 35.5. The maximum absolute atomic E-state index is 12.8. The van der Waals surface area contributed by atoms with E-state index in [4.69, 9.17) is 32.7 Å². The second kappa shape index (κ2) is 9.80. The summed E-state index contributed by atoms with van der Waals surface area (Å²) < 4.78 is 37.7. The Morgan fingerprint density at radius 3 is 2.41 bits per heavy atom. The Hall–Kier alpha value is -1.80. The van der Waals surface area contributed by atoms with Crippen molar-refractivity contribution in [3.63, 3.8) is 0 Å². The van der Waals surface area contributed by atoms with Crippen LogP contribution < -0.4 is 4.74 Å². The number of benzene rings is 2. The molecule has 156 valence electrons. The molecule has 1 fully saturated rings. The van der Waals surface area contributed by atoms with Gasteiger partial charge >= 0.3 is 5.97 Å². The Balaban J connectivity index is 1.64. The van der Waals surface area contributed by atoms with Gasteiger partial charge in [0.05, 0.1) is 20.5 Å². The van der Waals surface area contributed by atoms with Crippen LogP contribution in [-0.2, 0) is 14.8 Å². The van der Waals surface area contributed by atoms with Gasteiger partial charge in [-0.3, -0.25) is 0 Å². The van der Waals surface area contributed by atoms with Gasteiger partial charge < -0.3 is 9.47 Å². The predicted octanol–water partition coefficient (Wildman–Crippen LogP) is 4.40. The van der Waals surface area contributed by atoms with Crippen LogP contribution in [0.1, 0.15) is 29.6 Å². The van der Waals surface area contributed by atoms with Crippen LogP contribution in [0, 0.1) is 0 Å². The highest BCUT2D eigenvalue weighted by Crippen LogP contribution is 2.26. The SMILES string of the molecule is O=C(OCCOc1ccccc1Cl)c1cc(S(=O)(=O)N2CCCCC2)ccc1Cl. The maximum atomic E-state index is 12.8. The summed E-state index contributed by atoms with van der Waals surface area (Å²) in [6.45, 7) is 1.01. The number of carbonyl (C=O) groups excluding carboxylic acids is 1. The average Bonchev–Trinajstić information content (AvgIpc) is 2.73. The van der Waals surface area contributed by atoms with Crippen LogP contribution in [0.5, 0.6) is 5.75 Å². The number of halogens is 2. The highest BCUT2D eigenvalue weighted by Gasteiger charge is 2.27. The number of hydrogen-bond donors (Lipinski definition) is 0. The zero-order chi connectivity index (χ0) is 20.9. The second-order valence-corrected chi connectivity index (χ2v) is 9.27. The molecule has 0 amide bonds. The maximum Gasteiger partial charge on any atom is 0.339 e. The van der Waals surface area contributed by atoms with Crippen molar-refractivity contribution in [2.24, 2.45) is 0 Å². The summed E-state index contributed by atoms with van der Waals surface area (Å²) in [6.07, 6.45) is 2.67. The molecule has 0 bridgehead atoms. The first-order valence-corrected chi connectivity index (χ1v) is 11.4. The lowest BCUT2D eigenvalue weighted by atomic mass is 10.2. The van der Waals surface area contributed by atoms with Gasteiger partial charge in [-0.1, -0.05) is 41.8 Å². The minimum atomic E-state index is -3.67. The first-order chi connectivity index (χ1) is 13.9. The second-order valence-electron chi connectivity index (χ2n) is 6.52. The molecule has 3 rings (SSSR count). The molecule has 0 aliphatic carbocycles. The van der Waals surface area contributed by atoms with Crippen molar-refractivity contribution in [3.8, 4) is 5.75 Å². The van der Waals surface area contributed by atoms with Gasteiger partial charge in [0.15, 0.2) is 0 Å². The average molecular weight is 458 g/mol. The van der Waals surface area contributed by atoms with Gasteiger partial charge in [0.2, 0.25) is 10.0 Å². The van der Waals surface area contributed by atoms with Gasteiger partial charge in [-0.05, 0) is 43.2 Å². The lowest BCUT2D eigenvalue weighted by molar-refractivity contribution is 0.0450. The van der Waals surface area contributed by atoms with Crippen molar-refractivity contribution < 1.29 is 22.7 Å². The van der Waals surface area contributed by atoms with Crippen LogP contribution >= 0.6 is 23.2 Å². The number of ether oxygens (including phenoxy) is 2. The van der Waals surface area contributed by atoms with Gasteiger partial charge in [-0.2, -0.15) is 4.31 Å². The van der Waals surface area contributed by atoms with Crippen LogP contribution in [0.15, 0.2) is 47.4 Å². The lowest BCUT2D eigenvalue weighted by Crippen LogP contribution is -2.35. The molecule has 2 aromatic rings. The van der Waals surface area contributed by atoms with E-state index in [0.29, 0.717) is 23.9 Å². The predicted molar refractivity (Wildman–Crippen MR) is 111 cm³/mol. The molecule has 1 saturated heterocycles. The fourth-order valence-electron chi connectivity index (χ4n) is 3.00. The molecule has 0 spiro atoms. The van der Waals surface area contributed by atoms with Gasteiger partial charge in [-0.15, -0.1) is 0 Å². The van der Waals surface area contributed by atoms with Crippen molar-refractivity contribution in [3.05, 3.63) is 58.1 Å². The molecule has 0 unspecified atom stereocenters. The molecule has 0 atom stereocenters. The van der Waals surface area contributed by atoms with E-state index in [9.17, 15) is 13.2 Å². The molecular formula is C20H21Cl2NO5S. The van der Waals surface area contributed by atoms with Crippen LogP contribution in [0.4, 0.5) is 0 Å². The van der Waals surface area contributed by atoms with E-state index in [-0.39, 0.29) is 28.7 Å². The molecule has 0 aromatic heterocycles. The Labute approximate surface area is 180 Å². The minimum absolute atomic E-state index is 0.00231. The normalized spacial score (nSPS) is 15.1. The molecule has 2 aromatic carbocycles. The van der Waals surface area contributed by atoms with Crippen molar-refractivity contribution in [2.75, 3.05) is 26.3 Å². The molecule has 0 N–H and O–H groups in total. The summed E-state index contributed by atoms with van der Waals surface area (Å²) in [6, 6.07) is 11.0. The quantitative estimate of drug-likeness (QED) is 0.454. The Morgan fingerprint density at radius 2 is 1.69 bits per heavy atom. The fourth-order valence-corrected chi connectivity index (χ4v) is 4.93. The van der Waals surface area contributed by atoms with Crippen molar-refractivity contribution in [1.82, 2.24) is 4.31 Å². The van der Waals surface area contributed by atoms with Gasteiger partial charge in [-0.25, -0.2) is 13.2 Å². The Morgan fingerprint density at radius 1 is 0.966 bits per heavy atom. The molecule has 29 heavy (non-hydrogen) atoms. The van der Waals surface area contributed by atoms with E-state index in [0.717, 1.165) is 19.3 Å². The summed E-state index contributed by atoms with van der Waals surface area (Å²) in [5.41, 5.74) is 0.00231. The molecule has 1 heterocycles. The van der Waals surface area contributed by atoms with E-state index < -0.39 is 16.0 Å². The van der Waals surface area contributed by atoms with Crippen molar-refractivity contribution >= 4 is 39.2 Å². The number of rotatable bonds is 7. The van der Waals surface area contributed by atoms with E-state index in [1.807, 2.05) is 0 Å². The summed E-state index contributed by atoms with van der Waals surface area (Å²) in [5, 5.41) is 0.581. The molecule has 0 radical (unpaired) electrons. The number of para-hydroxylation sites is 1. The number of hydrogen-bond acceptors (Lipinski definition) is 5. The number of sulfonamides is 1. The van der Waals surface area contributed by atoms with E-state index in [1.165, 1.54) is 22.5 Å². The Bertz CT molecular complexity index is 975. The van der Waals surface area contributed by atoms with Crippen LogP contribution in [0.2, 0.25) is 10.0 Å². The van der Waals surface area contributed by atoms with Crippen LogP contribution in [0.3, 0.4) is 0 Å². The monoisotopic (exact) mass is 457 g/mol. The number of nitrogens with zero attached hydrogens (tertiary/aromatic N) is 1. The summed E-state index contributed by atoms with van der Waals surface area (Å²) >= 11 is 12.1. The summed E-state index contributed by atoms with van der Waals surface area (Å²) in [4.78, 5) is 12.4. The first-order valence-electron chi connectivity index (χ1n) is 9.24. The molecule has 9 heteroatoms. The zero-order valence-electron chi connectivity index (χ0n) is 15.6. The third-order valence-corrected chi connectivity index (χ3v) is 7.06. The highest BCUT2D eigenvalue weighted by molar-refractivity contribution is 7.89. The van der Waals surface area contributed by atoms with Gasteiger partial charge in [0.25, 0.3) is 0 Å². The number of carbonyl (C=O) groups is 1. The minimum Gasteiger partial charge on any atom is -0.488 e. The third-order valence-electron chi connectivity index (χ3n) is 4.52. The third kappa shape index (κ3) is 5.42. The topological polar surface area (TPSA) is 72.9 Å². The van der Waals surface area contributed by atoms with Crippen LogP contribution in [-0.4, -0.2) is 45.0 Å². The smallest absolute Gasteiger partial charge is 0.339 e. The van der Waals surface area contributed by atoms with Crippen LogP contribution in [0.25, 0.3) is 0 Å². The number of piperidine rings is 1. The molecule has 1 aliphatic heterocycles. The molecule has 6 nitrogen and oxygen atoms in total. The summed E-state index contributed by atoms with van der Waals surface area (Å²) in [5.74, 6) is -0.230. The lowest BCUT2D eigenvalue weighted by Gasteiger charge is -2.26. The zero-order valence-corrected chi connectivity index (χ0v) is 18.0.